The predicted octanol–water partition coefficient (Wildman–Crippen LogP) is 8.92. The maximum absolute atomic E-state index is 13.7. The van der Waals surface area contributed by atoms with Gasteiger partial charge in [0.1, 0.15) is 31.8 Å². The molecule has 0 amide bonds. The van der Waals surface area contributed by atoms with Crippen molar-refractivity contribution >= 4 is 23.9 Å². The second kappa shape index (κ2) is 20.7. The summed E-state index contributed by atoms with van der Waals surface area (Å²) in [5, 5.41) is 0. The third kappa shape index (κ3) is 11.4. The van der Waals surface area contributed by atoms with Crippen LogP contribution in [0, 0.1) is 5.41 Å². The standard InChI is InChI=1S/C45H52O8/c1-5-37(33-21-13-9-14-22-33)41(46)50-29-45(30-51-42(47)38(6-2)34-23-15-10-16-24-34,31-52-43(48)39(7-3)35-25-17-11-18-26-35)32-53-44(49)40(8-4)36-27-19-12-20-28-36/h9-28,37-40H,5-8,29-32H2,1-4H3/t37-,38-,39-,40+/m1/s1. The summed E-state index contributed by atoms with van der Waals surface area (Å²) in [5.41, 5.74) is 1.76. The average molecular weight is 721 g/mol. The molecule has 4 aromatic rings. The van der Waals surface area contributed by atoms with Gasteiger partial charge in [0.25, 0.3) is 0 Å². The van der Waals surface area contributed by atoms with Crippen LogP contribution < -0.4 is 0 Å². The van der Waals surface area contributed by atoms with E-state index in [1.165, 1.54) is 0 Å². The summed E-state index contributed by atoms with van der Waals surface area (Å²) in [6.45, 7) is 6.24. The number of benzene rings is 4. The van der Waals surface area contributed by atoms with E-state index in [1.807, 2.05) is 149 Å². The average Bonchev–Trinajstić information content (AvgIpc) is 3.20. The minimum Gasteiger partial charge on any atom is -0.464 e. The molecule has 0 aliphatic carbocycles. The van der Waals surface area contributed by atoms with Gasteiger partial charge in [0.05, 0.1) is 23.7 Å². The van der Waals surface area contributed by atoms with Gasteiger partial charge in [-0.3, -0.25) is 19.2 Å². The number of hydrogen-bond acceptors (Lipinski definition) is 8. The van der Waals surface area contributed by atoms with Gasteiger partial charge in [-0.05, 0) is 47.9 Å². The van der Waals surface area contributed by atoms with Crippen LogP contribution in [-0.2, 0) is 38.1 Å². The Balaban J connectivity index is 1.67. The summed E-state index contributed by atoms with van der Waals surface area (Å²) >= 11 is 0. The maximum atomic E-state index is 13.7. The van der Waals surface area contributed by atoms with E-state index in [4.69, 9.17) is 18.9 Å². The highest BCUT2D eigenvalue weighted by molar-refractivity contribution is 5.80. The lowest BCUT2D eigenvalue weighted by Crippen LogP contribution is -2.45. The summed E-state index contributed by atoms with van der Waals surface area (Å²) in [4.78, 5) is 54.8. The van der Waals surface area contributed by atoms with E-state index >= 15 is 0 Å². The molecule has 280 valence electrons. The highest BCUT2D eigenvalue weighted by atomic mass is 16.6. The number of carbonyl (C=O) groups is 4. The van der Waals surface area contributed by atoms with Gasteiger partial charge in [-0.15, -0.1) is 0 Å². The van der Waals surface area contributed by atoms with Crippen molar-refractivity contribution in [3.63, 3.8) is 0 Å². The fraction of sp³-hybridized carbons (Fsp3) is 0.378. The Morgan fingerprint density at radius 3 is 0.736 bits per heavy atom. The largest absolute Gasteiger partial charge is 0.464 e. The van der Waals surface area contributed by atoms with Crippen molar-refractivity contribution in [1.29, 1.82) is 0 Å². The van der Waals surface area contributed by atoms with Gasteiger partial charge in [0, 0.05) is 0 Å². The van der Waals surface area contributed by atoms with Crippen LogP contribution >= 0.6 is 0 Å². The van der Waals surface area contributed by atoms with Gasteiger partial charge >= 0.3 is 23.9 Å². The third-order valence-electron chi connectivity index (χ3n) is 9.66. The van der Waals surface area contributed by atoms with Crippen LogP contribution in [0.2, 0.25) is 0 Å². The Morgan fingerprint density at radius 1 is 0.377 bits per heavy atom. The molecule has 0 bridgehead atoms. The molecular weight excluding hydrogens is 668 g/mol. The van der Waals surface area contributed by atoms with Crippen molar-refractivity contribution in [2.24, 2.45) is 5.41 Å². The molecule has 8 nitrogen and oxygen atoms in total. The van der Waals surface area contributed by atoms with Gasteiger partial charge in [0.2, 0.25) is 0 Å². The molecule has 0 saturated carbocycles. The molecule has 4 rings (SSSR count). The van der Waals surface area contributed by atoms with Gasteiger partial charge in [-0.25, -0.2) is 0 Å². The van der Waals surface area contributed by atoms with Crippen LogP contribution in [0.3, 0.4) is 0 Å². The zero-order valence-corrected chi connectivity index (χ0v) is 31.3. The molecule has 4 atom stereocenters. The summed E-state index contributed by atoms with van der Waals surface area (Å²) in [7, 11) is 0. The van der Waals surface area contributed by atoms with Gasteiger partial charge in [-0.1, -0.05) is 149 Å². The van der Waals surface area contributed by atoms with Crippen LogP contribution in [0.15, 0.2) is 121 Å². The van der Waals surface area contributed by atoms with Crippen molar-refractivity contribution in [2.75, 3.05) is 26.4 Å². The van der Waals surface area contributed by atoms with E-state index in [2.05, 4.69) is 0 Å². The Labute approximate surface area is 313 Å². The second-order valence-corrected chi connectivity index (χ2v) is 13.4. The lowest BCUT2D eigenvalue weighted by Gasteiger charge is -2.33. The third-order valence-corrected chi connectivity index (χ3v) is 9.66. The van der Waals surface area contributed by atoms with Crippen molar-refractivity contribution in [1.82, 2.24) is 0 Å². The fourth-order valence-electron chi connectivity index (χ4n) is 6.44. The quantitative estimate of drug-likeness (QED) is 0.0659. The first kappa shape index (κ1) is 40.5. The van der Waals surface area contributed by atoms with Crippen molar-refractivity contribution in [3.8, 4) is 0 Å². The van der Waals surface area contributed by atoms with Gasteiger partial charge < -0.3 is 18.9 Å². The minimum atomic E-state index is -1.43. The first-order valence-electron chi connectivity index (χ1n) is 18.6. The van der Waals surface area contributed by atoms with Crippen LogP contribution in [0.25, 0.3) is 0 Å². The topological polar surface area (TPSA) is 105 Å². The van der Waals surface area contributed by atoms with Crippen molar-refractivity contribution in [3.05, 3.63) is 144 Å². The highest BCUT2D eigenvalue weighted by Crippen LogP contribution is 2.30. The molecule has 0 saturated heterocycles. The predicted molar refractivity (Wildman–Crippen MR) is 204 cm³/mol. The van der Waals surface area contributed by atoms with Crippen LogP contribution in [0.5, 0.6) is 0 Å². The van der Waals surface area contributed by atoms with Crippen LogP contribution in [0.4, 0.5) is 0 Å². The Kier molecular flexibility index (Phi) is 15.8. The Morgan fingerprint density at radius 2 is 0.566 bits per heavy atom. The normalized spacial score (nSPS) is 13.5. The molecular formula is C45H52O8. The second-order valence-electron chi connectivity index (χ2n) is 13.4. The zero-order chi connectivity index (χ0) is 38.1. The molecule has 0 radical (unpaired) electrons. The van der Waals surface area contributed by atoms with E-state index in [1.54, 1.807) is 0 Å². The van der Waals surface area contributed by atoms with E-state index < -0.39 is 53.0 Å². The molecule has 0 N–H and O–H groups in total. The van der Waals surface area contributed by atoms with Gasteiger partial charge in [0.15, 0.2) is 0 Å². The first-order valence-corrected chi connectivity index (χ1v) is 18.6. The molecule has 4 aromatic carbocycles. The number of rotatable bonds is 20. The number of ether oxygens (including phenoxy) is 4. The minimum absolute atomic E-state index is 0.338. The molecule has 53 heavy (non-hydrogen) atoms. The fourth-order valence-corrected chi connectivity index (χ4v) is 6.44. The SMILES string of the molecule is CC[C@H](C(=O)OCC(COC(=O)[C@H](CC)c1ccccc1)(COC(=O)[C@H](CC)c1ccccc1)COC(=O)[C@H](CC)c1ccccc1)c1ccccc1. The monoisotopic (exact) mass is 720 g/mol. The molecule has 0 fully saturated rings. The Bertz CT molecular complexity index is 1450. The Hall–Kier alpha value is -5.24. The molecule has 8 heteroatoms. The smallest absolute Gasteiger partial charge is 0.313 e. The maximum Gasteiger partial charge on any atom is 0.313 e. The first-order chi connectivity index (χ1) is 25.8. The molecule has 0 aliphatic rings. The van der Waals surface area contributed by atoms with Crippen molar-refractivity contribution < 1.29 is 38.1 Å². The summed E-state index contributed by atoms with van der Waals surface area (Å²) in [6.07, 6.45) is 1.92. The van der Waals surface area contributed by atoms with Crippen LogP contribution in [-0.4, -0.2) is 50.3 Å². The number of hydrogen-bond donors (Lipinski definition) is 0. The number of esters is 4. The van der Waals surface area contributed by atoms with E-state index in [0.717, 1.165) is 22.3 Å². The molecule has 0 aromatic heterocycles. The summed E-state index contributed by atoms with van der Waals surface area (Å²) in [6, 6.07) is 37.3. The summed E-state index contributed by atoms with van der Waals surface area (Å²) in [5.74, 6) is -4.21. The molecule has 0 heterocycles. The lowest BCUT2D eigenvalue weighted by atomic mass is 9.90. The van der Waals surface area contributed by atoms with Gasteiger partial charge in [-0.2, -0.15) is 0 Å². The number of carbonyl (C=O) groups excluding carboxylic acids is 4. The molecule has 0 spiro atoms. The highest BCUT2D eigenvalue weighted by Gasteiger charge is 2.40. The zero-order valence-electron chi connectivity index (χ0n) is 31.3. The van der Waals surface area contributed by atoms with Crippen molar-refractivity contribution in [2.45, 2.75) is 77.0 Å². The molecule has 0 aliphatic heterocycles. The van der Waals surface area contributed by atoms with E-state index in [0.29, 0.717) is 25.7 Å². The van der Waals surface area contributed by atoms with E-state index in [-0.39, 0.29) is 26.4 Å². The van der Waals surface area contributed by atoms with E-state index in [9.17, 15) is 19.2 Å². The molecule has 0 unspecified atom stereocenters. The van der Waals surface area contributed by atoms with Crippen LogP contribution in [0.1, 0.15) is 99.3 Å². The summed E-state index contributed by atoms with van der Waals surface area (Å²) < 4.78 is 24.1. The lowest BCUT2D eigenvalue weighted by molar-refractivity contribution is -0.172.